The molecule has 30 heavy (non-hydrogen) atoms. The molecule has 0 amide bonds. The van der Waals surface area contributed by atoms with Gasteiger partial charge in [-0.3, -0.25) is 10.2 Å². The molecule has 166 valence electrons. The lowest BCUT2D eigenvalue weighted by atomic mass is 9.88. The molecule has 5 N–H and O–H groups in total. The molecule has 1 atom stereocenters. The largest absolute Gasteiger partial charge is 0.508 e. The highest BCUT2D eigenvalue weighted by molar-refractivity contribution is 6.36. The normalized spacial score (nSPS) is 23.5. The summed E-state index contributed by atoms with van der Waals surface area (Å²) in [5.74, 6) is -0.498. The van der Waals surface area contributed by atoms with E-state index in [0.29, 0.717) is 17.2 Å². The minimum Gasteiger partial charge on any atom is -0.508 e. The maximum absolute atomic E-state index is 12.1. The van der Waals surface area contributed by atoms with Crippen molar-refractivity contribution in [1.29, 1.82) is 5.41 Å². The first-order valence-corrected chi connectivity index (χ1v) is 11.1. The fourth-order valence-electron chi connectivity index (χ4n) is 5.00. The highest BCUT2D eigenvalue weighted by Crippen LogP contribution is 2.38. The molecule has 0 aromatic heterocycles. The summed E-state index contributed by atoms with van der Waals surface area (Å²) >= 11 is 0. The SMILES string of the molecule is CC(=O)C(=N)N(C1CCC(N2CCCC2)CC1)C(N)c1cc(C(C)C)c(O)cc1O. The van der Waals surface area contributed by atoms with Crippen molar-refractivity contribution >= 4 is 11.6 Å². The Morgan fingerprint density at radius 1 is 1.10 bits per heavy atom. The molecule has 1 aromatic rings. The lowest BCUT2D eigenvalue weighted by molar-refractivity contribution is -0.112. The average molecular weight is 417 g/mol. The van der Waals surface area contributed by atoms with Gasteiger partial charge in [-0.25, -0.2) is 0 Å². The summed E-state index contributed by atoms with van der Waals surface area (Å²) < 4.78 is 0. The van der Waals surface area contributed by atoms with Crippen LogP contribution in [0.4, 0.5) is 0 Å². The van der Waals surface area contributed by atoms with Gasteiger partial charge in [-0.2, -0.15) is 0 Å². The number of nitrogens with one attached hydrogen (secondary N) is 1. The topological polar surface area (TPSA) is 114 Å². The van der Waals surface area contributed by atoms with Gasteiger partial charge in [0.15, 0.2) is 11.6 Å². The number of hydrogen-bond donors (Lipinski definition) is 4. The van der Waals surface area contributed by atoms with Crippen molar-refractivity contribution in [2.24, 2.45) is 5.73 Å². The maximum atomic E-state index is 12.1. The van der Waals surface area contributed by atoms with Gasteiger partial charge in [-0.15, -0.1) is 0 Å². The molecule has 1 heterocycles. The van der Waals surface area contributed by atoms with E-state index in [4.69, 9.17) is 11.1 Å². The van der Waals surface area contributed by atoms with Gasteiger partial charge in [0.05, 0.1) is 0 Å². The van der Waals surface area contributed by atoms with Crippen molar-refractivity contribution in [1.82, 2.24) is 9.80 Å². The van der Waals surface area contributed by atoms with Crippen LogP contribution >= 0.6 is 0 Å². The number of amidine groups is 1. The van der Waals surface area contributed by atoms with Crippen molar-refractivity contribution < 1.29 is 15.0 Å². The van der Waals surface area contributed by atoms with Gasteiger partial charge in [-0.1, -0.05) is 13.8 Å². The van der Waals surface area contributed by atoms with Crippen LogP contribution in [0.2, 0.25) is 0 Å². The molecule has 1 aliphatic heterocycles. The Balaban J connectivity index is 1.85. The van der Waals surface area contributed by atoms with Crippen molar-refractivity contribution in [2.75, 3.05) is 13.1 Å². The fraction of sp³-hybridized carbons (Fsp3) is 0.652. The number of phenols is 2. The van der Waals surface area contributed by atoms with Crippen LogP contribution in [-0.2, 0) is 4.79 Å². The smallest absolute Gasteiger partial charge is 0.194 e. The molecule has 1 unspecified atom stereocenters. The van der Waals surface area contributed by atoms with Gasteiger partial charge in [0.25, 0.3) is 0 Å². The number of phenolic OH excluding ortho intramolecular Hbond substituents is 2. The van der Waals surface area contributed by atoms with E-state index < -0.39 is 6.17 Å². The van der Waals surface area contributed by atoms with E-state index in [1.54, 1.807) is 11.0 Å². The van der Waals surface area contributed by atoms with Crippen LogP contribution in [0.5, 0.6) is 11.5 Å². The summed E-state index contributed by atoms with van der Waals surface area (Å²) in [6, 6.07) is 3.56. The summed E-state index contributed by atoms with van der Waals surface area (Å²) in [4.78, 5) is 16.4. The highest BCUT2D eigenvalue weighted by Gasteiger charge is 2.35. The quantitative estimate of drug-likeness (QED) is 0.321. The number of nitrogens with two attached hydrogens (primary N) is 1. The third-order valence-electron chi connectivity index (χ3n) is 6.72. The van der Waals surface area contributed by atoms with Gasteiger partial charge in [0, 0.05) is 30.6 Å². The van der Waals surface area contributed by atoms with E-state index in [-0.39, 0.29) is 35.1 Å². The molecule has 2 aliphatic rings. The Kier molecular flexibility index (Phi) is 7.03. The molecule has 1 aliphatic carbocycles. The minimum absolute atomic E-state index is 0.0223. The van der Waals surface area contributed by atoms with Crippen LogP contribution in [0.15, 0.2) is 12.1 Å². The van der Waals surface area contributed by atoms with E-state index in [1.807, 2.05) is 13.8 Å². The van der Waals surface area contributed by atoms with Gasteiger partial charge in [0.2, 0.25) is 0 Å². The second-order valence-corrected chi connectivity index (χ2v) is 9.09. The van der Waals surface area contributed by atoms with Crippen molar-refractivity contribution in [3.8, 4) is 11.5 Å². The van der Waals surface area contributed by atoms with Crippen LogP contribution in [0.25, 0.3) is 0 Å². The summed E-state index contributed by atoms with van der Waals surface area (Å²) in [6.07, 6.45) is 5.48. The lowest BCUT2D eigenvalue weighted by Crippen LogP contribution is -2.51. The number of carbonyl (C=O) groups is 1. The number of hydrogen-bond acceptors (Lipinski definition) is 6. The molecule has 2 fully saturated rings. The van der Waals surface area contributed by atoms with Crippen LogP contribution < -0.4 is 5.73 Å². The summed E-state index contributed by atoms with van der Waals surface area (Å²) in [6.45, 7) is 7.63. The molecular formula is C23H36N4O3. The third kappa shape index (κ3) is 4.62. The molecule has 1 aromatic carbocycles. The third-order valence-corrected chi connectivity index (χ3v) is 6.72. The number of nitrogens with zero attached hydrogens (tertiary/aromatic N) is 2. The number of likely N-dealkylation sites (tertiary alicyclic amines) is 1. The standard InChI is InChI=1S/C23H36N4O3/c1-14(2)18-12-19(21(30)13-20(18)29)23(25)27(22(24)15(3)28)17-8-6-16(7-9-17)26-10-4-5-11-26/h12-14,16-17,23-24,29-30H,4-11,25H2,1-3H3. The highest BCUT2D eigenvalue weighted by atomic mass is 16.3. The van der Waals surface area contributed by atoms with Gasteiger partial charge >= 0.3 is 0 Å². The molecule has 7 nitrogen and oxygen atoms in total. The van der Waals surface area contributed by atoms with Gasteiger partial charge in [0.1, 0.15) is 17.7 Å². The zero-order valence-electron chi connectivity index (χ0n) is 18.4. The summed E-state index contributed by atoms with van der Waals surface area (Å²) in [7, 11) is 0. The minimum atomic E-state index is -0.826. The Labute approximate surface area is 179 Å². The van der Waals surface area contributed by atoms with E-state index in [2.05, 4.69) is 4.90 Å². The van der Waals surface area contributed by atoms with Crippen LogP contribution in [-0.4, -0.2) is 56.8 Å². The zero-order chi connectivity index (χ0) is 22.0. The van der Waals surface area contributed by atoms with Gasteiger partial charge < -0.3 is 25.7 Å². The Hall–Kier alpha value is -2.12. The Morgan fingerprint density at radius 3 is 2.20 bits per heavy atom. The number of benzene rings is 1. The first-order chi connectivity index (χ1) is 14.2. The molecule has 0 bridgehead atoms. The lowest BCUT2D eigenvalue weighted by Gasteiger charge is -2.43. The van der Waals surface area contributed by atoms with E-state index in [9.17, 15) is 15.0 Å². The average Bonchev–Trinajstić information content (AvgIpc) is 3.23. The molecule has 0 radical (unpaired) electrons. The van der Waals surface area contributed by atoms with E-state index in [0.717, 1.165) is 25.7 Å². The first-order valence-electron chi connectivity index (χ1n) is 11.1. The van der Waals surface area contributed by atoms with Crippen LogP contribution in [0.3, 0.4) is 0 Å². The second kappa shape index (κ2) is 9.35. The zero-order valence-corrected chi connectivity index (χ0v) is 18.4. The Morgan fingerprint density at radius 2 is 1.67 bits per heavy atom. The number of aromatic hydroxyl groups is 2. The van der Waals surface area contributed by atoms with Crippen LogP contribution in [0, 0.1) is 5.41 Å². The summed E-state index contributed by atoms with van der Waals surface area (Å²) in [5.41, 5.74) is 7.69. The molecule has 1 saturated heterocycles. The molecule has 0 spiro atoms. The maximum Gasteiger partial charge on any atom is 0.194 e. The molecule has 1 saturated carbocycles. The Bertz CT molecular complexity index is 781. The van der Waals surface area contributed by atoms with Crippen molar-refractivity contribution in [2.45, 2.75) is 83.5 Å². The van der Waals surface area contributed by atoms with E-state index >= 15 is 0 Å². The summed E-state index contributed by atoms with van der Waals surface area (Å²) in [5, 5.41) is 29.1. The molecule has 3 rings (SSSR count). The fourth-order valence-corrected chi connectivity index (χ4v) is 5.00. The van der Waals surface area contributed by atoms with Crippen molar-refractivity contribution in [3.05, 3.63) is 23.3 Å². The monoisotopic (exact) mass is 416 g/mol. The van der Waals surface area contributed by atoms with Crippen molar-refractivity contribution in [3.63, 3.8) is 0 Å². The number of ketones is 1. The molecule has 7 heteroatoms. The van der Waals surface area contributed by atoms with Gasteiger partial charge in [-0.05, 0) is 69.2 Å². The number of rotatable bonds is 6. The number of Topliss-reactive ketones (excluding diaryl/α,β-unsaturated/α-hetero) is 1. The predicted molar refractivity (Wildman–Crippen MR) is 118 cm³/mol. The predicted octanol–water partition coefficient (Wildman–Crippen LogP) is 3.45. The first kappa shape index (κ1) is 22.6. The molecular weight excluding hydrogens is 380 g/mol. The number of carbonyl (C=O) groups excluding carboxylic acids is 1. The second-order valence-electron chi connectivity index (χ2n) is 9.09. The van der Waals surface area contributed by atoms with E-state index in [1.165, 1.54) is 38.9 Å². The van der Waals surface area contributed by atoms with Crippen LogP contribution in [0.1, 0.15) is 82.5 Å².